The molecule has 1 aromatic heterocycles. The van der Waals surface area contributed by atoms with E-state index in [1.807, 2.05) is 44.2 Å². The molecule has 6 heteroatoms. The summed E-state index contributed by atoms with van der Waals surface area (Å²) in [6.07, 6.45) is 0.848. The summed E-state index contributed by atoms with van der Waals surface area (Å²) in [6.45, 7) is 5.71. The highest BCUT2D eigenvalue weighted by Crippen LogP contribution is 2.22. The smallest absolute Gasteiger partial charge is 0.232 e. The van der Waals surface area contributed by atoms with E-state index in [1.165, 1.54) is 0 Å². The molecule has 0 aliphatic heterocycles. The van der Waals surface area contributed by atoms with Gasteiger partial charge in [-0.2, -0.15) is 0 Å². The molecule has 0 aliphatic carbocycles. The Hall–Kier alpha value is -1.95. The molecule has 2 rings (SSSR count). The molecular weight excluding hydrogens is 312 g/mol. The molecule has 1 aromatic carbocycles. The quantitative estimate of drug-likeness (QED) is 0.845. The Kier molecular flexibility index (Phi) is 6.10. The summed E-state index contributed by atoms with van der Waals surface area (Å²) in [5.41, 5.74) is 1.51. The first-order valence-corrected chi connectivity index (χ1v) is 9.14. The molecule has 0 fully saturated rings. The van der Waals surface area contributed by atoms with E-state index in [0.717, 1.165) is 12.0 Å². The van der Waals surface area contributed by atoms with E-state index in [9.17, 15) is 9.00 Å². The van der Waals surface area contributed by atoms with Gasteiger partial charge in [0, 0.05) is 22.4 Å². The average molecular weight is 334 g/mol. The van der Waals surface area contributed by atoms with Crippen LogP contribution in [0.3, 0.4) is 0 Å². The maximum atomic E-state index is 12.2. The van der Waals surface area contributed by atoms with Crippen LogP contribution in [0.5, 0.6) is 0 Å². The number of benzene rings is 1. The number of amides is 1. The highest BCUT2D eigenvalue weighted by molar-refractivity contribution is 7.84. The molecule has 23 heavy (non-hydrogen) atoms. The van der Waals surface area contributed by atoms with E-state index in [-0.39, 0.29) is 23.5 Å². The van der Waals surface area contributed by atoms with Gasteiger partial charge < -0.3 is 9.73 Å². The molecule has 2 atom stereocenters. The van der Waals surface area contributed by atoms with E-state index in [1.54, 1.807) is 6.92 Å². The summed E-state index contributed by atoms with van der Waals surface area (Å²) >= 11 is 0. The van der Waals surface area contributed by atoms with Crippen LogP contribution in [0.2, 0.25) is 0 Å². The van der Waals surface area contributed by atoms with Crippen molar-refractivity contribution in [2.24, 2.45) is 0 Å². The van der Waals surface area contributed by atoms with Gasteiger partial charge in [0.25, 0.3) is 0 Å². The Labute approximate surface area is 139 Å². The first-order chi connectivity index (χ1) is 11.0. The molecule has 124 valence electrons. The lowest BCUT2D eigenvalue weighted by Gasteiger charge is -2.10. The second kappa shape index (κ2) is 8.06. The van der Waals surface area contributed by atoms with Crippen LogP contribution in [0.4, 0.5) is 0 Å². The fourth-order valence-corrected chi connectivity index (χ4v) is 3.09. The fraction of sp³-hybridized carbons (Fsp3) is 0.412. The number of carbonyl (C=O) groups is 1. The SMILES string of the molecule is CC[C@@H](C)NC(=O)C[S@](=O)Cc1nc(-c2ccccc2)oc1C. The lowest BCUT2D eigenvalue weighted by molar-refractivity contribution is -0.119. The molecule has 0 unspecified atom stereocenters. The molecule has 1 amide bonds. The molecule has 1 N–H and O–H groups in total. The minimum atomic E-state index is -1.31. The van der Waals surface area contributed by atoms with Crippen LogP contribution in [-0.4, -0.2) is 26.9 Å². The second-order valence-electron chi connectivity index (χ2n) is 5.49. The highest BCUT2D eigenvalue weighted by atomic mass is 32.2. The normalized spacial score (nSPS) is 13.5. The Bertz CT molecular complexity index is 682. The maximum absolute atomic E-state index is 12.2. The van der Waals surface area contributed by atoms with Crippen LogP contribution in [0.15, 0.2) is 34.7 Å². The van der Waals surface area contributed by atoms with E-state index >= 15 is 0 Å². The zero-order valence-electron chi connectivity index (χ0n) is 13.7. The van der Waals surface area contributed by atoms with Gasteiger partial charge in [-0.1, -0.05) is 25.1 Å². The zero-order chi connectivity index (χ0) is 16.8. The van der Waals surface area contributed by atoms with Crippen molar-refractivity contribution in [1.82, 2.24) is 10.3 Å². The Morgan fingerprint density at radius 2 is 2.04 bits per heavy atom. The summed E-state index contributed by atoms with van der Waals surface area (Å²) in [7, 11) is -1.31. The van der Waals surface area contributed by atoms with Gasteiger partial charge >= 0.3 is 0 Å². The summed E-state index contributed by atoms with van der Waals surface area (Å²) in [5.74, 6) is 1.16. The summed E-state index contributed by atoms with van der Waals surface area (Å²) in [4.78, 5) is 16.2. The molecule has 0 aliphatic rings. The molecule has 2 aromatic rings. The predicted molar refractivity (Wildman–Crippen MR) is 91.3 cm³/mol. The van der Waals surface area contributed by atoms with Gasteiger partial charge in [0.05, 0.1) is 11.4 Å². The van der Waals surface area contributed by atoms with Crippen LogP contribution >= 0.6 is 0 Å². The van der Waals surface area contributed by atoms with Crippen molar-refractivity contribution in [3.8, 4) is 11.5 Å². The Balaban J connectivity index is 1.99. The molecule has 5 nitrogen and oxygen atoms in total. The van der Waals surface area contributed by atoms with Crippen LogP contribution < -0.4 is 5.32 Å². The minimum Gasteiger partial charge on any atom is -0.441 e. The van der Waals surface area contributed by atoms with Gasteiger partial charge in [-0.15, -0.1) is 0 Å². The molecule has 0 spiro atoms. The number of hydrogen-bond donors (Lipinski definition) is 1. The molecule has 0 bridgehead atoms. The molecule has 0 saturated carbocycles. The van der Waals surface area contributed by atoms with Crippen molar-refractivity contribution in [3.63, 3.8) is 0 Å². The lowest BCUT2D eigenvalue weighted by Crippen LogP contribution is -2.35. The summed E-state index contributed by atoms with van der Waals surface area (Å²) in [6, 6.07) is 9.65. The molecule has 1 heterocycles. The van der Waals surface area contributed by atoms with Gasteiger partial charge in [0.15, 0.2) is 0 Å². The van der Waals surface area contributed by atoms with Crippen molar-refractivity contribution in [2.75, 3.05) is 5.75 Å². The largest absolute Gasteiger partial charge is 0.441 e. The summed E-state index contributed by atoms with van der Waals surface area (Å²) in [5, 5.41) is 2.82. The monoisotopic (exact) mass is 334 g/mol. The third-order valence-electron chi connectivity index (χ3n) is 3.52. The minimum absolute atomic E-state index is 0.0166. The van der Waals surface area contributed by atoms with E-state index in [0.29, 0.717) is 17.3 Å². The van der Waals surface area contributed by atoms with Crippen LogP contribution in [-0.2, 0) is 21.3 Å². The Morgan fingerprint density at radius 1 is 1.35 bits per heavy atom. The number of rotatable bonds is 7. The van der Waals surface area contributed by atoms with E-state index in [2.05, 4.69) is 10.3 Å². The standard InChI is InChI=1S/C17H22N2O3S/c1-4-12(2)18-16(20)11-23(21)10-15-13(3)22-17(19-15)14-8-6-5-7-9-14/h5-9,12H,4,10-11H2,1-3H3,(H,18,20)/t12-,23-/m1/s1. The molecule has 0 saturated heterocycles. The van der Waals surface area contributed by atoms with Crippen molar-refractivity contribution < 1.29 is 13.4 Å². The second-order valence-corrected chi connectivity index (χ2v) is 6.95. The van der Waals surface area contributed by atoms with Crippen molar-refractivity contribution in [1.29, 1.82) is 0 Å². The van der Waals surface area contributed by atoms with Crippen LogP contribution in [0.1, 0.15) is 31.7 Å². The third kappa shape index (κ3) is 5.03. The van der Waals surface area contributed by atoms with Crippen molar-refractivity contribution in [3.05, 3.63) is 41.8 Å². The number of oxazole rings is 1. The first kappa shape index (κ1) is 17.4. The fourth-order valence-electron chi connectivity index (χ4n) is 2.03. The highest BCUT2D eigenvalue weighted by Gasteiger charge is 2.16. The lowest BCUT2D eigenvalue weighted by atomic mass is 10.2. The van der Waals surface area contributed by atoms with Crippen LogP contribution in [0.25, 0.3) is 11.5 Å². The topological polar surface area (TPSA) is 72.2 Å². The maximum Gasteiger partial charge on any atom is 0.232 e. The number of aromatic nitrogens is 1. The number of aryl methyl sites for hydroxylation is 1. The van der Waals surface area contributed by atoms with Crippen LogP contribution in [0, 0.1) is 6.92 Å². The summed E-state index contributed by atoms with van der Waals surface area (Å²) < 4.78 is 17.8. The number of nitrogens with zero attached hydrogens (tertiary/aromatic N) is 1. The van der Waals surface area contributed by atoms with Gasteiger partial charge in [0.2, 0.25) is 11.8 Å². The van der Waals surface area contributed by atoms with Crippen molar-refractivity contribution in [2.45, 2.75) is 39.0 Å². The number of hydrogen-bond acceptors (Lipinski definition) is 4. The average Bonchev–Trinajstić information content (AvgIpc) is 2.88. The zero-order valence-corrected chi connectivity index (χ0v) is 14.5. The number of carbonyl (C=O) groups excluding carboxylic acids is 1. The van der Waals surface area contributed by atoms with Gasteiger partial charge in [0.1, 0.15) is 11.5 Å². The first-order valence-electron chi connectivity index (χ1n) is 7.65. The molecule has 0 radical (unpaired) electrons. The Morgan fingerprint density at radius 3 is 2.70 bits per heavy atom. The third-order valence-corrected chi connectivity index (χ3v) is 4.70. The van der Waals surface area contributed by atoms with Gasteiger partial charge in [-0.3, -0.25) is 9.00 Å². The molecular formula is C17H22N2O3S. The van der Waals surface area contributed by atoms with Gasteiger partial charge in [-0.05, 0) is 32.4 Å². The van der Waals surface area contributed by atoms with E-state index < -0.39 is 10.8 Å². The predicted octanol–water partition coefficient (Wildman–Crippen LogP) is 2.81. The van der Waals surface area contributed by atoms with Gasteiger partial charge in [-0.25, -0.2) is 4.98 Å². The van der Waals surface area contributed by atoms with E-state index in [4.69, 9.17) is 4.42 Å². The van der Waals surface area contributed by atoms with Crippen molar-refractivity contribution >= 4 is 16.7 Å². The number of nitrogens with one attached hydrogen (secondary N) is 1.